The molecule has 4 N–H and O–H groups in total. The molecule has 0 saturated heterocycles. The second-order valence-electron chi connectivity index (χ2n) is 4.56. The summed E-state index contributed by atoms with van der Waals surface area (Å²) in [7, 11) is 0. The SMILES string of the molecule is Cc1cccc(NC(=O)CSc2nc(N)cc(=O)[nH]2)c1C. The number of H-pyrrole nitrogens is 1. The first-order valence-corrected chi connectivity index (χ1v) is 7.30. The number of amides is 1. The first-order chi connectivity index (χ1) is 9.95. The quantitative estimate of drug-likeness (QED) is 0.589. The summed E-state index contributed by atoms with van der Waals surface area (Å²) in [6.45, 7) is 3.94. The Kier molecular flexibility index (Phi) is 4.64. The van der Waals surface area contributed by atoms with Crippen LogP contribution in [-0.2, 0) is 4.79 Å². The minimum absolute atomic E-state index is 0.135. The Morgan fingerprint density at radius 3 is 2.90 bits per heavy atom. The van der Waals surface area contributed by atoms with Crippen LogP contribution < -0.4 is 16.6 Å². The molecule has 0 unspecified atom stereocenters. The third-order valence-corrected chi connectivity index (χ3v) is 3.83. The van der Waals surface area contributed by atoms with Crippen LogP contribution in [0.1, 0.15) is 11.1 Å². The van der Waals surface area contributed by atoms with Crippen molar-refractivity contribution in [2.75, 3.05) is 16.8 Å². The summed E-state index contributed by atoms with van der Waals surface area (Å²) >= 11 is 1.13. The van der Waals surface area contributed by atoms with Crippen molar-refractivity contribution >= 4 is 29.2 Å². The lowest BCUT2D eigenvalue weighted by Crippen LogP contribution is -2.16. The number of aryl methyl sites for hydroxylation is 1. The number of nitrogen functional groups attached to an aromatic ring is 1. The van der Waals surface area contributed by atoms with Crippen LogP contribution in [0.4, 0.5) is 11.5 Å². The number of aromatic nitrogens is 2. The Balaban J connectivity index is 1.99. The Morgan fingerprint density at radius 1 is 1.43 bits per heavy atom. The molecule has 110 valence electrons. The molecule has 1 heterocycles. The van der Waals surface area contributed by atoms with Gasteiger partial charge in [0.1, 0.15) is 5.82 Å². The van der Waals surface area contributed by atoms with E-state index in [4.69, 9.17) is 5.73 Å². The molecule has 0 aliphatic rings. The van der Waals surface area contributed by atoms with E-state index in [0.717, 1.165) is 28.6 Å². The highest BCUT2D eigenvalue weighted by molar-refractivity contribution is 7.99. The number of carbonyl (C=O) groups excluding carboxylic acids is 1. The van der Waals surface area contributed by atoms with Crippen LogP contribution in [0.5, 0.6) is 0 Å². The highest BCUT2D eigenvalue weighted by Crippen LogP contribution is 2.19. The maximum Gasteiger partial charge on any atom is 0.253 e. The van der Waals surface area contributed by atoms with Gasteiger partial charge < -0.3 is 16.0 Å². The van der Waals surface area contributed by atoms with Crippen LogP contribution in [0.2, 0.25) is 0 Å². The van der Waals surface area contributed by atoms with Gasteiger partial charge in [0.15, 0.2) is 5.16 Å². The average Bonchev–Trinajstić information content (AvgIpc) is 2.41. The van der Waals surface area contributed by atoms with Gasteiger partial charge in [-0.05, 0) is 31.0 Å². The topological polar surface area (TPSA) is 101 Å². The molecule has 1 aromatic heterocycles. The van der Waals surface area contributed by atoms with Gasteiger partial charge in [0.2, 0.25) is 5.91 Å². The first kappa shape index (κ1) is 15.1. The fraction of sp³-hybridized carbons (Fsp3) is 0.214. The molecule has 2 aromatic rings. The van der Waals surface area contributed by atoms with Crippen molar-refractivity contribution in [1.82, 2.24) is 9.97 Å². The lowest BCUT2D eigenvalue weighted by atomic mass is 10.1. The Hall–Kier alpha value is -2.28. The van der Waals surface area contributed by atoms with Gasteiger partial charge in [0.25, 0.3) is 5.56 Å². The normalized spacial score (nSPS) is 10.4. The standard InChI is InChI=1S/C14H16N4O2S/c1-8-4-3-5-10(9(8)2)16-13(20)7-21-14-17-11(15)6-12(19)18-14/h3-6H,7H2,1-2H3,(H,16,20)(H3,15,17,18,19). The van der Waals surface area contributed by atoms with Crippen LogP contribution in [0.15, 0.2) is 34.2 Å². The zero-order chi connectivity index (χ0) is 15.4. The largest absolute Gasteiger partial charge is 0.383 e. The molecule has 0 saturated carbocycles. The zero-order valence-corrected chi connectivity index (χ0v) is 12.6. The molecule has 0 spiro atoms. The molecular formula is C14H16N4O2S. The van der Waals surface area contributed by atoms with E-state index in [1.54, 1.807) is 0 Å². The molecule has 2 rings (SSSR count). The van der Waals surface area contributed by atoms with Gasteiger partial charge in [0, 0.05) is 11.8 Å². The van der Waals surface area contributed by atoms with Gasteiger partial charge in [-0.15, -0.1) is 0 Å². The zero-order valence-electron chi connectivity index (χ0n) is 11.8. The van der Waals surface area contributed by atoms with Crippen molar-refractivity contribution in [3.8, 4) is 0 Å². The molecule has 1 aromatic carbocycles. The molecule has 0 radical (unpaired) electrons. The van der Waals surface area contributed by atoms with E-state index < -0.39 is 0 Å². The lowest BCUT2D eigenvalue weighted by molar-refractivity contribution is -0.113. The summed E-state index contributed by atoms with van der Waals surface area (Å²) < 4.78 is 0. The van der Waals surface area contributed by atoms with E-state index in [0.29, 0.717) is 5.16 Å². The first-order valence-electron chi connectivity index (χ1n) is 6.31. The Labute approximate surface area is 126 Å². The van der Waals surface area contributed by atoms with Crippen molar-refractivity contribution in [1.29, 1.82) is 0 Å². The predicted octanol–water partition coefficient (Wildman–Crippen LogP) is 1.70. The molecule has 0 aliphatic carbocycles. The van der Waals surface area contributed by atoms with Gasteiger partial charge in [-0.3, -0.25) is 9.59 Å². The minimum Gasteiger partial charge on any atom is -0.383 e. The van der Waals surface area contributed by atoms with Gasteiger partial charge in [-0.1, -0.05) is 23.9 Å². The molecular weight excluding hydrogens is 288 g/mol. The number of thioether (sulfide) groups is 1. The third-order valence-electron chi connectivity index (χ3n) is 2.96. The summed E-state index contributed by atoms with van der Waals surface area (Å²) in [6.07, 6.45) is 0. The molecule has 1 amide bonds. The van der Waals surface area contributed by atoms with Gasteiger partial charge in [-0.2, -0.15) is 0 Å². The molecule has 0 bridgehead atoms. The number of nitrogens with one attached hydrogen (secondary N) is 2. The predicted molar refractivity (Wildman–Crippen MR) is 84.5 cm³/mol. The van der Waals surface area contributed by atoms with Crippen molar-refractivity contribution in [3.63, 3.8) is 0 Å². The van der Waals surface area contributed by atoms with Crippen LogP contribution in [0.25, 0.3) is 0 Å². The second kappa shape index (κ2) is 6.45. The molecule has 0 atom stereocenters. The molecule has 0 fully saturated rings. The van der Waals surface area contributed by atoms with Crippen LogP contribution in [-0.4, -0.2) is 21.6 Å². The van der Waals surface area contributed by atoms with Gasteiger partial charge in [0.05, 0.1) is 5.75 Å². The summed E-state index contributed by atoms with van der Waals surface area (Å²) in [5, 5.41) is 3.17. The summed E-state index contributed by atoms with van der Waals surface area (Å²) in [4.78, 5) is 29.6. The fourth-order valence-electron chi connectivity index (χ4n) is 1.73. The summed E-state index contributed by atoms with van der Waals surface area (Å²) in [5.41, 5.74) is 8.08. The highest BCUT2D eigenvalue weighted by atomic mass is 32.2. The Bertz CT molecular complexity index is 727. The maximum absolute atomic E-state index is 11.9. The Morgan fingerprint density at radius 2 is 2.19 bits per heavy atom. The van der Waals surface area contributed by atoms with E-state index >= 15 is 0 Å². The number of nitrogens with zero attached hydrogens (tertiary/aromatic N) is 1. The smallest absolute Gasteiger partial charge is 0.253 e. The number of rotatable bonds is 4. The van der Waals surface area contributed by atoms with E-state index in [1.807, 2.05) is 32.0 Å². The van der Waals surface area contributed by atoms with E-state index in [2.05, 4.69) is 15.3 Å². The number of hydrogen-bond acceptors (Lipinski definition) is 5. The average molecular weight is 304 g/mol. The highest BCUT2D eigenvalue weighted by Gasteiger charge is 2.08. The molecule has 6 nitrogen and oxygen atoms in total. The number of carbonyl (C=O) groups is 1. The van der Waals surface area contributed by atoms with Crippen molar-refractivity contribution in [2.45, 2.75) is 19.0 Å². The second-order valence-corrected chi connectivity index (χ2v) is 5.52. The third kappa shape index (κ3) is 4.09. The number of benzene rings is 1. The van der Waals surface area contributed by atoms with Crippen molar-refractivity contribution in [3.05, 3.63) is 45.7 Å². The summed E-state index contributed by atoms with van der Waals surface area (Å²) in [6, 6.07) is 6.93. The molecule has 21 heavy (non-hydrogen) atoms. The molecule has 7 heteroatoms. The minimum atomic E-state index is -0.333. The fourth-order valence-corrected chi connectivity index (χ4v) is 2.41. The molecule has 0 aliphatic heterocycles. The maximum atomic E-state index is 11.9. The van der Waals surface area contributed by atoms with Crippen molar-refractivity contribution in [2.24, 2.45) is 0 Å². The van der Waals surface area contributed by atoms with E-state index in [1.165, 1.54) is 6.07 Å². The van der Waals surface area contributed by atoms with Crippen LogP contribution in [0, 0.1) is 13.8 Å². The summed E-state index contributed by atoms with van der Waals surface area (Å²) in [5.74, 6) is 0.106. The van der Waals surface area contributed by atoms with E-state index in [-0.39, 0.29) is 23.0 Å². The number of anilines is 2. The van der Waals surface area contributed by atoms with Gasteiger partial charge in [-0.25, -0.2) is 4.98 Å². The van der Waals surface area contributed by atoms with Crippen molar-refractivity contribution < 1.29 is 4.79 Å². The van der Waals surface area contributed by atoms with Crippen LogP contribution in [0.3, 0.4) is 0 Å². The van der Waals surface area contributed by atoms with Gasteiger partial charge >= 0.3 is 0 Å². The van der Waals surface area contributed by atoms with Crippen LogP contribution >= 0.6 is 11.8 Å². The number of aromatic amines is 1. The lowest BCUT2D eigenvalue weighted by Gasteiger charge is -2.10. The van der Waals surface area contributed by atoms with E-state index in [9.17, 15) is 9.59 Å². The monoisotopic (exact) mass is 304 g/mol. The number of nitrogens with two attached hydrogens (primary N) is 1. The number of hydrogen-bond donors (Lipinski definition) is 3.